The molecule has 0 saturated carbocycles. The maximum atomic E-state index is 11.3. The molecule has 1 rings (SSSR count). The van der Waals surface area contributed by atoms with Crippen molar-refractivity contribution in [3.05, 3.63) is 11.8 Å². The number of carbonyl (C=O) groups is 1. The molecule has 1 aromatic rings. The van der Waals surface area contributed by atoms with Crippen molar-refractivity contribution in [2.45, 2.75) is 19.9 Å². The number of nitrogens with zero attached hydrogens (tertiary/aromatic N) is 2. The second-order valence-corrected chi connectivity index (χ2v) is 3.20. The first-order valence-electron chi connectivity index (χ1n) is 4.82. The summed E-state index contributed by atoms with van der Waals surface area (Å²) in [6.07, 6.45) is 0.281. The number of anilines is 1. The minimum absolute atomic E-state index is 0.0130. The zero-order valence-electron chi connectivity index (χ0n) is 8.73. The van der Waals surface area contributed by atoms with Crippen molar-refractivity contribution < 1.29 is 9.90 Å². The van der Waals surface area contributed by atoms with Crippen LogP contribution in [0, 0.1) is 6.92 Å². The molecule has 0 aliphatic heterocycles. The molecule has 0 aliphatic carbocycles. The Hall–Kier alpha value is -1.40. The van der Waals surface area contributed by atoms with Crippen LogP contribution in [0.4, 0.5) is 5.82 Å². The van der Waals surface area contributed by atoms with Crippen molar-refractivity contribution in [2.75, 3.05) is 18.5 Å². The number of aryl methyl sites for hydroxylation is 1. The maximum Gasteiger partial charge on any atom is 0.226 e. The van der Waals surface area contributed by atoms with Gasteiger partial charge < -0.3 is 16.2 Å². The Balaban J connectivity index is 2.70. The Labute approximate surface area is 88.1 Å². The molecular formula is C9H16N4O2. The molecule has 1 heterocycles. The number of nitrogens with two attached hydrogens (primary N) is 1. The largest absolute Gasteiger partial charge is 0.394 e. The molecule has 1 amide bonds. The topological polar surface area (TPSA) is 93.2 Å². The molecule has 1 aromatic heterocycles. The van der Waals surface area contributed by atoms with Gasteiger partial charge in [0.05, 0.1) is 18.8 Å². The van der Waals surface area contributed by atoms with Gasteiger partial charge in [0.25, 0.3) is 0 Å². The summed E-state index contributed by atoms with van der Waals surface area (Å²) in [5, 5.41) is 15.6. The summed E-state index contributed by atoms with van der Waals surface area (Å²) in [4.78, 5) is 11.3. The van der Waals surface area contributed by atoms with Gasteiger partial charge in [-0.3, -0.25) is 4.79 Å². The predicted octanol–water partition coefficient (Wildman–Crippen LogP) is -0.529. The van der Waals surface area contributed by atoms with E-state index in [1.165, 1.54) is 0 Å². The van der Waals surface area contributed by atoms with Gasteiger partial charge in [0.2, 0.25) is 5.91 Å². The lowest BCUT2D eigenvalue weighted by atomic mass is 10.4. The standard InChI is InChI=1S/C9H16N4O2/c1-7-6-8(11-9(15)2-3-10)13(12-7)4-5-14/h6,14H,2-5,10H2,1H3,(H,11,15). The van der Waals surface area contributed by atoms with E-state index in [-0.39, 0.29) is 18.9 Å². The van der Waals surface area contributed by atoms with E-state index < -0.39 is 0 Å². The van der Waals surface area contributed by atoms with Gasteiger partial charge in [-0.2, -0.15) is 5.10 Å². The number of nitrogens with one attached hydrogen (secondary N) is 1. The van der Waals surface area contributed by atoms with Gasteiger partial charge >= 0.3 is 0 Å². The molecule has 6 heteroatoms. The molecule has 0 aromatic carbocycles. The second kappa shape index (κ2) is 5.47. The van der Waals surface area contributed by atoms with Crippen molar-refractivity contribution in [3.63, 3.8) is 0 Å². The van der Waals surface area contributed by atoms with E-state index >= 15 is 0 Å². The molecule has 0 spiro atoms. The number of aliphatic hydroxyl groups excluding tert-OH is 1. The summed E-state index contributed by atoms with van der Waals surface area (Å²) in [5.74, 6) is 0.455. The fourth-order valence-corrected chi connectivity index (χ4v) is 1.25. The minimum atomic E-state index is -0.142. The van der Waals surface area contributed by atoms with Crippen LogP contribution in [0.25, 0.3) is 0 Å². The van der Waals surface area contributed by atoms with Crippen LogP contribution in [-0.2, 0) is 11.3 Å². The number of hydrogen-bond donors (Lipinski definition) is 3. The quantitative estimate of drug-likeness (QED) is 0.611. The second-order valence-electron chi connectivity index (χ2n) is 3.20. The van der Waals surface area contributed by atoms with Gasteiger partial charge in [0.1, 0.15) is 5.82 Å². The third-order valence-electron chi connectivity index (χ3n) is 1.85. The fourth-order valence-electron chi connectivity index (χ4n) is 1.25. The van der Waals surface area contributed by atoms with Crippen molar-refractivity contribution in [1.82, 2.24) is 9.78 Å². The SMILES string of the molecule is Cc1cc(NC(=O)CCN)n(CCO)n1. The average Bonchev–Trinajstić information content (AvgIpc) is 2.47. The number of hydrogen-bond acceptors (Lipinski definition) is 4. The zero-order valence-corrected chi connectivity index (χ0v) is 8.73. The number of carbonyl (C=O) groups excluding carboxylic acids is 1. The maximum absolute atomic E-state index is 11.3. The zero-order chi connectivity index (χ0) is 11.3. The van der Waals surface area contributed by atoms with E-state index in [9.17, 15) is 4.79 Å². The first-order chi connectivity index (χ1) is 7.17. The molecule has 0 radical (unpaired) electrons. The highest BCUT2D eigenvalue weighted by molar-refractivity contribution is 5.90. The van der Waals surface area contributed by atoms with E-state index in [4.69, 9.17) is 10.8 Å². The van der Waals surface area contributed by atoms with Crippen molar-refractivity contribution in [2.24, 2.45) is 5.73 Å². The third kappa shape index (κ3) is 3.34. The summed E-state index contributed by atoms with van der Waals surface area (Å²) < 4.78 is 1.56. The third-order valence-corrected chi connectivity index (χ3v) is 1.85. The van der Waals surface area contributed by atoms with E-state index in [0.717, 1.165) is 5.69 Å². The molecule has 0 bridgehead atoms. The average molecular weight is 212 g/mol. The van der Waals surface area contributed by atoms with Crippen LogP contribution in [0.15, 0.2) is 6.07 Å². The normalized spacial score (nSPS) is 10.3. The number of rotatable bonds is 5. The summed E-state index contributed by atoms with van der Waals surface area (Å²) in [6.45, 7) is 2.50. The molecule has 0 aliphatic rings. The van der Waals surface area contributed by atoms with E-state index in [0.29, 0.717) is 18.9 Å². The van der Waals surface area contributed by atoms with Crippen LogP contribution < -0.4 is 11.1 Å². The number of amides is 1. The lowest BCUT2D eigenvalue weighted by Gasteiger charge is -2.06. The highest BCUT2D eigenvalue weighted by Gasteiger charge is 2.07. The van der Waals surface area contributed by atoms with Crippen LogP contribution in [0.1, 0.15) is 12.1 Å². The summed E-state index contributed by atoms with van der Waals surface area (Å²) >= 11 is 0. The van der Waals surface area contributed by atoms with Gasteiger partial charge in [-0.05, 0) is 6.92 Å². The Morgan fingerprint density at radius 1 is 1.73 bits per heavy atom. The number of aromatic nitrogens is 2. The first-order valence-corrected chi connectivity index (χ1v) is 4.82. The molecule has 0 saturated heterocycles. The monoisotopic (exact) mass is 212 g/mol. The van der Waals surface area contributed by atoms with Gasteiger partial charge in [0.15, 0.2) is 0 Å². The van der Waals surface area contributed by atoms with Crippen molar-refractivity contribution >= 4 is 11.7 Å². The van der Waals surface area contributed by atoms with Gasteiger partial charge in [-0.25, -0.2) is 4.68 Å². The van der Waals surface area contributed by atoms with Crippen LogP contribution in [0.2, 0.25) is 0 Å². The fraction of sp³-hybridized carbons (Fsp3) is 0.556. The Kier molecular flexibility index (Phi) is 4.26. The van der Waals surface area contributed by atoms with E-state index in [1.807, 2.05) is 6.92 Å². The van der Waals surface area contributed by atoms with Crippen LogP contribution in [-0.4, -0.2) is 33.9 Å². The predicted molar refractivity (Wildman–Crippen MR) is 56.4 cm³/mol. The molecule has 6 nitrogen and oxygen atoms in total. The smallest absolute Gasteiger partial charge is 0.226 e. The molecule has 0 fully saturated rings. The Bertz CT molecular complexity index is 335. The first kappa shape index (κ1) is 11.7. The lowest BCUT2D eigenvalue weighted by Crippen LogP contribution is -2.19. The molecular weight excluding hydrogens is 196 g/mol. The molecule has 4 N–H and O–H groups in total. The number of aliphatic hydroxyl groups is 1. The summed E-state index contributed by atoms with van der Waals surface area (Å²) in [6, 6.07) is 1.75. The molecule has 84 valence electrons. The summed E-state index contributed by atoms with van der Waals surface area (Å²) in [7, 11) is 0. The van der Waals surface area contributed by atoms with Crippen LogP contribution in [0.5, 0.6) is 0 Å². The van der Waals surface area contributed by atoms with Gasteiger partial charge in [-0.15, -0.1) is 0 Å². The van der Waals surface area contributed by atoms with Gasteiger partial charge in [-0.1, -0.05) is 0 Å². The highest BCUT2D eigenvalue weighted by atomic mass is 16.3. The summed E-state index contributed by atoms with van der Waals surface area (Å²) in [5.41, 5.74) is 6.06. The molecule has 15 heavy (non-hydrogen) atoms. The molecule has 0 unspecified atom stereocenters. The van der Waals surface area contributed by atoms with Crippen molar-refractivity contribution in [1.29, 1.82) is 0 Å². The van der Waals surface area contributed by atoms with E-state index in [1.54, 1.807) is 10.7 Å². The Morgan fingerprint density at radius 3 is 3.07 bits per heavy atom. The minimum Gasteiger partial charge on any atom is -0.394 e. The van der Waals surface area contributed by atoms with Crippen LogP contribution in [0.3, 0.4) is 0 Å². The van der Waals surface area contributed by atoms with Crippen molar-refractivity contribution in [3.8, 4) is 0 Å². The highest BCUT2D eigenvalue weighted by Crippen LogP contribution is 2.09. The lowest BCUT2D eigenvalue weighted by molar-refractivity contribution is -0.116. The van der Waals surface area contributed by atoms with Crippen LogP contribution >= 0.6 is 0 Å². The van der Waals surface area contributed by atoms with Gasteiger partial charge in [0, 0.05) is 19.0 Å². The van der Waals surface area contributed by atoms with E-state index in [2.05, 4.69) is 10.4 Å². The Morgan fingerprint density at radius 2 is 2.47 bits per heavy atom. The molecule has 0 atom stereocenters.